The second kappa shape index (κ2) is 6.31. The third-order valence-electron chi connectivity index (χ3n) is 2.48. The van der Waals surface area contributed by atoms with Crippen LogP contribution in [0.15, 0.2) is 48.4 Å². The topological polar surface area (TPSA) is 38.0 Å². The molecule has 1 aromatic heterocycles. The van der Waals surface area contributed by atoms with Crippen LogP contribution in [0.25, 0.3) is 5.70 Å². The maximum atomic E-state index is 9.95. The number of hydrogen-bond donors (Lipinski definition) is 1. The number of aromatic nitrogens is 2. The summed E-state index contributed by atoms with van der Waals surface area (Å²) in [6.07, 6.45) is 6.48. The Kier molecular flexibility index (Phi) is 4.47. The summed E-state index contributed by atoms with van der Waals surface area (Å²) in [6.45, 7) is 2.15. The Balaban J connectivity index is 2.37. The lowest BCUT2D eigenvalue weighted by Crippen LogP contribution is -1.96. The predicted molar refractivity (Wildman–Crippen MR) is 76.5 cm³/mol. The van der Waals surface area contributed by atoms with Gasteiger partial charge in [0.2, 0.25) is 0 Å². The first-order valence-electron chi connectivity index (χ1n) is 5.91. The van der Waals surface area contributed by atoms with Crippen molar-refractivity contribution in [3.63, 3.8) is 0 Å². The van der Waals surface area contributed by atoms with Crippen LogP contribution in [0.5, 0.6) is 5.75 Å². The fourth-order valence-corrected chi connectivity index (χ4v) is 2.37. The van der Waals surface area contributed by atoms with E-state index in [9.17, 15) is 5.11 Å². The third-order valence-corrected chi connectivity index (χ3v) is 3.51. The molecule has 4 heteroatoms. The molecule has 0 aliphatic rings. The average molecular weight is 260 g/mol. The molecule has 2 aromatic rings. The fourth-order valence-electron chi connectivity index (χ4n) is 1.61. The number of para-hydroxylation sites is 1. The van der Waals surface area contributed by atoms with E-state index in [1.807, 2.05) is 29.0 Å². The monoisotopic (exact) mass is 260 g/mol. The molecule has 0 radical (unpaired) electrons. The molecule has 1 N–H and O–H groups in total. The van der Waals surface area contributed by atoms with Gasteiger partial charge in [-0.2, -0.15) is 0 Å². The van der Waals surface area contributed by atoms with Crippen molar-refractivity contribution >= 4 is 17.5 Å². The number of hydrogen-bond acceptors (Lipinski definition) is 3. The Morgan fingerprint density at radius 1 is 1.44 bits per heavy atom. The van der Waals surface area contributed by atoms with E-state index in [0.29, 0.717) is 0 Å². The van der Waals surface area contributed by atoms with Gasteiger partial charge in [-0.25, -0.2) is 4.98 Å². The van der Waals surface area contributed by atoms with Crippen LogP contribution in [0.4, 0.5) is 0 Å². The van der Waals surface area contributed by atoms with E-state index in [4.69, 9.17) is 0 Å². The maximum absolute atomic E-state index is 9.95. The minimum atomic E-state index is 0.287. The van der Waals surface area contributed by atoms with Crippen LogP contribution in [-0.2, 0) is 0 Å². The van der Waals surface area contributed by atoms with E-state index in [2.05, 4.69) is 17.3 Å². The lowest BCUT2D eigenvalue weighted by Gasteiger charge is -2.10. The Bertz CT molecular complexity index is 520. The van der Waals surface area contributed by atoms with E-state index in [0.717, 1.165) is 23.4 Å². The lowest BCUT2D eigenvalue weighted by atomic mass is 10.1. The lowest BCUT2D eigenvalue weighted by molar-refractivity contribution is 0.473. The molecular formula is C14H16N2OS. The van der Waals surface area contributed by atoms with Gasteiger partial charge in [0.05, 0.1) is 12.0 Å². The van der Waals surface area contributed by atoms with Gasteiger partial charge in [-0.1, -0.05) is 19.1 Å². The van der Waals surface area contributed by atoms with Crippen LogP contribution in [0.3, 0.4) is 0 Å². The summed E-state index contributed by atoms with van der Waals surface area (Å²) >= 11 is 1.74. The SMILES string of the molecule is CCCS/C=C(/c1ccccc1O)n1ccnc1. The summed E-state index contributed by atoms with van der Waals surface area (Å²) in [5.41, 5.74) is 1.77. The van der Waals surface area contributed by atoms with Crippen molar-refractivity contribution in [1.29, 1.82) is 0 Å². The number of imidazole rings is 1. The van der Waals surface area contributed by atoms with Crippen LogP contribution >= 0.6 is 11.8 Å². The molecule has 1 aromatic carbocycles. The van der Waals surface area contributed by atoms with E-state index in [1.54, 1.807) is 30.4 Å². The summed E-state index contributed by atoms with van der Waals surface area (Å²) in [6, 6.07) is 7.35. The summed E-state index contributed by atoms with van der Waals surface area (Å²) < 4.78 is 1.91. The van der Waals surface area contributed by atoms with Crippen LogP contribution in [-0.4, -0.2) is 20.4 Å². The molecule has 0 saturated carbocycles. The number of aromatic hydroxyl groups is 1. The third kappa shape index (κ3) is 2.96. The highest BCUT2D eigenvalue weighted by Crippen LogP contribution is 2.28. The smallest absolute Gasteiger partial charge is 0.124 e. The van der Waals surface area contributed by atoms with Crippen molar-refractivity contribution in [3.8, 4) is 5.75 Å². The number of benzene rings is 1. The molecular weight excluding hydrogens is 244 g/mol. The standard InChI is InChI=1S/C14H16N2OS/c1-2-9-18-10-13(16-8-7-15-11-16)12-5-3-4-6-14(12)17/h3-8,10-11,17H,2,9H2,1H3/b13-10-. The van der Waals surface area contributed by atoms with Gasteiger partial charge in [0.25, 0.3) is 0 Å². The van der Waals surface area contributed by atoms with Crippen molar-refractivity contribution in [2.24, 2.45) is 0 Å². The molecule has 2 rings (SSSR count). The Morgan fingerprint density at radius 2 is 2.28 bits per heavy atom. The highest BCUT2D eigenvalue weighted by molar-refractivity contribution is 8.02. The second-order valence-corrected chi connectivity index (χ2v) is 4.84. The van der Waals surface area contributed by atoms with Gasteiger partial charge in [0.1, 0.15) is 5.75 Å². The van der Waals surface area contributed by atoms with Crippen molar-refractivity contribution in [2.45, 2.75) is 13.3 Å². The molecule has 0 bridgehead atoms. The van der Waals surface area contributed by atoms with Gasteiger partial charge in [-0.05, 0) is 29.7 Å². The zero-order valence-electron chi connectivity index (χ0n) is 10.3. The summed E-state index contributed by atoms with van der Waals surface area (Å²) in [5, 5.41) is 12.0. The van der Waals surface area contributed by atoms with Gasteiger partial charge in [-0.15, -0.1) is 11.8 Å². The predicted octanol–water partition coefficient (Wildman–Crippen LogP) is 3.58. The van der Waals surface area contributed by atoms with Crippen molar-refractivity contribution < 1.29 is 5.11 Å². The molecule has 3 nitrogen and oxygen atoms in total. The summed E-state index contributed by atoms with van der Waals surface area (Å²) in [4.78, 5) is 4.06. The first-order chi connectivity index (χ1) is 8.83. The molecule has 0 amide bonds. The quantitative estimate of drug-likeness (QED) is 0.835. The largest absolute Gasteiger partial charge is 0.507 e. The first kappa shape index (κ1) is 12.8. The molecule has 0 unspecified atom stereocenters. The number of thioether (sulfide) groups is 1. The molecule has 0 aliphatic carbocycles. The normalized spacial score (nSPS) is 11.7. The van der Waals surface area contributed by atoms with E-state index < -0.39 is 0 Å². The summed E-state index contributed by atoms with van der Waals surface area (Å²) in [7, 11) is 0. The zero-order chi connectivity index (χ0) is 12.8. The number of rotatable bonds is 5. The molecule has 1 heterocycles. The zero-order valence-corrected chi connectivity index (χ0v) is 11.1. The molecule has 0 atom stereocenters. The minimum absolute atomic E-state index is 0.287. The molecule has 94 valence electrons. The van der Waals surface area contributed by atoms with Gasteiger partial charge < -0.3 is 9.67 Å². The maximum Gasteiger partial charge on any atom is 0.124 e. The Morgan fingerprint density at radius 3 is 2.94 bits per heavy atom. The van der Waals surface area contributed by atoms with Gasteiger partial charge in [0.15, 0.2) is 0 Å². The number of phenols is 1. The van der Waals surface area contributed by atoms with Crippen LogP contribution in [0, 0.1) is 0 Å². The summed E-state index contributed by atoms with van der Waals surface area (Å²) in [5.74, 6) is 1.35. The van der Waals surface area contributed by atoms with Crippen molar-refractivity contribution in [3.05, 3.63) is 54.0 Å². The van der Waals surface area contributed by atoms with E-state index in [-0.39, 0.29) is 5.75 Å². The van der Waals surface area contributed by atoms with Crippen LogP contribution in [0.2, 0.25) is 0 Å². The fraction of sp³-hybridized carbons (Fsp3) is 0.214. The van der Waals surface area contributed by atoms with Gasteiger partial charge >= 0.3 is 0 Å². The molecule has 18 heavy (non-hydrogen) atoms. The van der Waals surface area contributed by atoms with E-state index in [1.165, 1.54) is 0 Å². The molecule has 0 saturated heterocycles. The van der Waals surface area contributed by atoms with E-state index >= 15 is 0 Å². The van der Waals surface area contributed by atoms with Crippen molar-refractivity contribution in [2.75, 3.05) is 5.75 Å². The first-order valence-corrected chi connectivity index (χ1v) is 6.96. The van der Waals surface area contributed by atoms with Gasteiger partial charge in [-0.3, -0.25) is 0 Å². The van der Waals surface area contributed by atoms with Crippen LogP contribution in [0.1, 0.15) is 18.9 Å². The van der Waals surface area contributed by atoms with Crippen molar-refractivity contribution in [1.82, 2.24) is 9.55 Å². The van der Waals surface area contributed by atoms with Gasteiger partial charge in [0, 0.05) is 18.0 Å². The number of nitrogens with zero attached hydrogens (tertiary/aromatic N) is 2. The highest BCUT2D eigenvalue weighted by atomic mass is 32.2. The number of phenolic OH excluding ortho intramolecular Hbond substituents is 1. The highest BCUT2D eigenvalue weighted by Gasteiger charge is 2.08. The molecule has 0 fully saturated rings. The Hall–Kier alpha value is -1.68. The second-order valence-electron chi connectivity index (χ2n) is 3.86. The minimum Gasteiger partial charge on any atom is -0.507 e. The molecule has 0 aliphatic heterocycles. The Labute approximate surface area is 111 Å². The average Bonchev–Trinajstić information content (AvgIpc) is 2.90. The molecule has 0 spiro atoms. The van der Waals surface area contributed by atoms with Crippen LogP contribution < -0.4 is 0 Å².